The monoisotopic (exact) mass is 299 g/mol. The molecule has 1 aromatic carbocycles. The molecule has 1 amide bonds. The van der Waals surface area contributed by atoms with Gasteiger partial charge in [0, 0.05) is 5.56 Å². The molecule has 1 aromatic rings. The summed E-state index contributed by atoms with van der Waals surface area (Å²) in [4.78, 5) is 22.8. The molecule has 21 heavy (non-hydrogen) atoms. The molecule has 6 nitrogen and oxygen atoms in total. The van der Waals surface area contributed by atoms with Gasteiger partial charge in [-0.25, -0.2) is 14.0 Å². The first-order chi connectivity index (χ1) is 9.61. The fraction of sp³-hybridized carbons (Fsp3) is 0.429. The van der Waals surface area contributed by atoms with Crippen molar-refractivity contribution in [1.82, 2.24) is 5.32 Å². The molecular weight excluding hydrogens is 281 g/mol. The van der Waals surface area contributed by atoms with Gasteiger partial charge in [-0.3, -0.25) is 0 Å². The second-order valence-corrected chi connectivity index (χ2v) is 5.43. The van der Waals surface area contributed by atoms with Crippen molar-refractivity contribution in [2.45, 2.75) is 38.5 Å². The highest BCUT2D eigenvalue weighted by atomic mass is 19.1. The first kappa shape index (κ1) is 16.9. The van der Waals surface area contributed by atoms with E-state index >= 15 is 0 Å². The Labute approximate surface area is 121 Å². The maximum atomic E-state index is 13.6. The number of benzene rings is 1. The van der Waals surface area contributed by atoms with Crippen molar-refractivity contribution in [3.05, 3.63) is 35.6 Å². The Kier molecular flexibility index (Phi) is 5.26. The van der Waals surface area contributed by atoms with Crippen LogP contribution in [0.2, 0.25) is 0 Å². The molecule has 1 rings (SSSR count). The first-order valence-corrected chi connectivity index (χ1v) is 6.26. The van der Waals surface area contributed by atoms with Crippen molar-refractivity contribution in [1.29, 1.82) is 0 Å². The summed E-state index contributed by atoms with van der Waals surface area (Å²) in [5.74, 6) is -2.26. The van der Waals surface area contributed by atoms with Crippen LogP contribution in [0.1, 0.15) is 32.4 Å². The van der Waals surface area contributed by atoms with Gasteiger partial charge in [0.25, 0.3) is 0 Å². The molecule has 116 valence electrons. The number of hydrogen-bond acceptors (Lipinski definition) is 4. The first-order valence-electron chi connectivity index (χ1n) is 6.26. The molecule has 0 heterocycles. The van der Waals surface area contributed by atoms with Gasteiger partial charge in [0.15, 0.2) is 6.04 Å². The number of aliphatic hydroxyl groups is 1. The van der Waals surface area contributed by atoms with Gasteiger partial charge in [-0.2, -0.15) is 0 Å². The van der Waals surface area contributed by atoms with Gasteiger partial charge in [0.1, 0.15) is 17.5 Å². The lowest BCUT2D eigenvalue weighted by atomic mass is 10.0. The second kappa shape index (κ2) is 6.53. The Balaban J connectivity index is 2.90. The molecule has 2 atom stereocenters. The van der Waals surface area contributed by atoms with Crippen LogP contribution >= 0.6 is 0 Å². The molecule has 3 N–H and O–H groups in total. The van der Waals surface area contributed by atoms with Crippen molar-refractivity contribution < 1.29 is 28.9 Å². The number of aliphatic hydroxyl groups excluding tert-OH is 1. The lowest BCUT2D eigenvalue weighted by Gasteiger charge is -2.24. The van der Waals surface area contributed by atoms with E-state index in [-0.39, 0.29) is 5.56 Å². The molecule has 0 saturated heterocycles. The third-order valence-corrected chi connectivity index (χ3v) is 2.48. The van der Waals surface area contributed by atoms with E-state index < -0.39 is 35.6 Å². The predicted molar refractivity (Wildman–Crippen MR) is 72.2 cm³/mol. The van der Waals surface area contributed by atoms with E-state index in [0.29, 0.717) is 0 Å². The lowest BCUT2D eigenvalue weighted by Crippen LogP contribution is -2.47. The Hall–Kier alpha value is -2.15. The van der Waals surface area contributed by atoms with Crippen LogP contribution in [0, 0.1) is 5.82 Å². The van der Waals surface area contributed by atoms with Gasteiger partial charge in [-0.05, 0) is 26.8 Å². The number of nitrogens with one attached hydrogen (secondary N) is 1. The SMILES string of the molecule is CC(C)(C)OC(=O)N[C@@H](C(=O)O)[C@H](O)c1ccccc1F. The summed E-state index contributed by atoms with van der Waals surface area (Å²) in [6.07, 6.45) is -2.75. The Morgan fingerprint density at radius 1 is 1.29 bits per heavy atom. The number of carboxylic acids is 1. The fourth-order valence-corrected chi connectivity index (χ4v) is 1.60. The molecule has 0 aliphatic carbocycles. The van der Waals surface area contributed by atoms with Crippen LogP contribution in [0.5, 0.6) is 0 Å². The standard InChI is InChI=1S/C14H18FNO5/c1-14(2,3)21-13(20)16-10(12(18)19)11(17)8-6-4-5-7-9(8)15/h4-7,10-11,17H,1-3H3,(H,16,20)(H,18,19)/t10-,11-/m1/s1. The Morgan fingerprint density at radius 2 is 1.86 bits per heavy atom. The maximum Gasteiger partial charge on any atom is 0.408 e. The Bertz CT molecular complexity index is 526. The van der Waals surface area contributed by atoms with Crippen molar-refractivity contribution in [3.8, 4) is 0 Å². The van der Waals surface area contributed by atoms with Gasteiger partial charge in [-0.15, -0.1) is 0 Å². The molecule has 0 bridgehead atoms. The summed E-state index contributed by atoms with van der Waals surface area (Å²) in [5.41, 5.74) is -1.04. The minimum atomic E-state index is -1.74. The highest BCUT2D eigenvalue weighted by molar-refractivity contribution is 5.80. The normalized spacial score (nSPS) is 14.1. The number of ether oxygens (including phenoxy) is 1. The van der Waals surface area contributed by atoms with E-state index in [9.17, 15) is 19.1 Å². The highest BCUT2D eigenvalue weighted by Crippen LogP contribution is 2.20. The molecule has 0 radical (unpaired) electrons. The largest absolute Gasteiger partial charge is 0.480 e. The second-order valence-electron chi connectivity index (χ2n) is 5.43. The molecule has 0 aliphatic heterocycles. The number of alkyl carbamates (subject to hydrolysis) is 1. The van der Waals surface area contributed by atoms with Crippen molar-refractivity contribution in [3.63, 3.8) is 0 Å². The number of carbonyl (C=O) groups is 2. The van der Waals surface area contributed by atoms with Gasteiger partial charge in [-0.1, -0.05) is 18.2 Å². The molecular formula is C14H18FNO5. The van der Waals surface area contributed by atoms with Gasteiger partial charge in [0.2, 0.25) is 0 Å². The van der Waals surface area contributed by atoms with E-state index in [1.54, 1.807) is 20.8 Å². The molecule has 0 aliphatic rings. The lowest BCUT2D eigenvalue weighted by molar-refractivity contribution is -0.142. The molecule has 7 heteroatoms. The number of hydrogen-bond donors (Lipinski definition) is 3. The van der Waals surface area contributed by atoms with E-state index in [2.05, 4.69) is 0 Å². The topological polar surface area (TPSA) is 95.9 Å². The number of halogens is 1. The van der Waals surface area contributed by atoms with Crippen molar-refractivity contribution >= 4 is 12.1 Å². The van der Waals surface area contributed by atoms with E-state index in [1.165, 1.54) is 18.2 Å². The van der Waals surface area contributed by atoms with Crippen LogP contribution in [0.25, 0.3) is 0 Å². The van der Waals surface area contributed by atoms with Gasteiger partial charge >= 0.3 is 12.1 Å². The van der Waals surface area contributed by atoms with Crippen LogP contribution < -0.4 is 5.32 Å². The van der Waals surface area contributed by atoms with Crippen LogP contribution in [-0.2, 0) is 9.53 Å². The highest BCUT2D eigenvalue weighted by Gasteiger charge is 2.32. The summed E-state index contributed by atoms with van der Waals surface area (Å²) in [6, 6.07) is 3.46. The molecule has 0 aromatic heterocycles. The summed E-state index contributed by atoms with van der Waals surface area (Å²) in [6.45, 7) is 4.82. The number of carbonyl (C=O) groups excluding carboxylic acids is 1. The zero-order valence-corrected chi connectivity index (χ0v) is 12.0. The Morgan fingerprint density at radius 3 is 2.33 bits per heavy atom. The predicted octanol–water partition coefficient (Wildman–Crippen LogP) is 1.84. The van der Waals surface area contributed by atoms with Crippen LogP contribution in [-0.4, -0.2) is 33.9 Å². The zero-order chi connectivity index (χ0) is 16.2. The summed E-state index contributed by atoms with van der Waals surface area (Å²) < 4.78 is 18.5. The molecule has 0 saturated carbocycles. The average Bonchev–Trinajstić information content (AvgIpc) is 2.33. The average molecular weight is 299 g/mol. The van der Waals surface area contributed by atoms with E-state index in [4.69, 9.17) is 9.84 Å². The third kappa shape index (κ3) is 5.03. The number of carboxylic acid groups (broad SMARTS) is 1. The summed E-state index contributed by atoms with van der Waals surface area (Å²) in [7, 11) is 0. The molecule has 0 spiro atoms. The van der Waals surface area contributed by atoms with Gasteiger partial charge in [0.05, 0.1) is 0 Å². The zero-order valence-electron chi connectivity index (χ0n) is 12.0. The van der Waals surface area contributed by atoms with Crippen LogP contribution in [0.15, 0.2) is 24.3 Å². The quantitative estimate of drug-likeness (QED) is 0.788. The summed E-state index contributed by atoms with van der Waals surface area (Å²) in [5, 5.41) is 21.1. The van der Waals surface area contributed by atoms with E-state index in [0.717, 1.165) is 6.07 Å². The maximum absolute atomic E-state index is 13.6. The molecule has 0 unspecified atom stereocenters. The molecule has 0 fully saturated rings. The van der Waals surface area contributed by atoms with Crippen LogP contribution in [0.4, 0.5) is 9.18 Å². The third-order valence-electron chi connectivity index (χ3n) is 2.48. The number of aliphatic carboxylic acids is 1. The van der Waals surface area contributed by atoms with Crippen molar-refractivity contribution in [2.24, 2.45) is 0 Å². The van der Waals surface area contributed by atoms with Crippen molar-refractivity contribution in [2.75, 3.05) is 0 Å². The number of amides is 1. The fourth-order valence-electron chi connectivity index (χ4n) is 1.60. The number of rotatable bonds is 4. The van der Waals surface area contributed by atoms with E-state index in [1.807, 2.05) is 5.32 Å². The smallest absolute Gasteiger partial charge is 0.408 e. The minimum Gasteiger partial charge on any atom is -0.480 e. The van der Waals surface area contributed by atoms with Gasteiger partial charge < -0.3 is 20.3 Å². The minimum absolute atomic E-state index is 0.221. The van der Waals surface area contributed by atoms with Crippen LogP contribution in [0.3, 0.4) is 0 Å². The summed E-state index contributed by atoms with van der Waals surface area (Å²) >= 11 is 0.